The Morgan fingerprint density at radius 2 is 2.14 bits per heavy atom. The summed E-state index contributed by atoms with van der Waals surface area (Å²) in [6.07, 6.45) is 1.90. The first-order valence-electron chi connectivity index (χ1n) is 4.88. The second kappa shape index (κ2) is 3.20. The number of aromatic nitrogens is 2. The first-order valence-corrected chi connectivity index (χ1v) is 4.88. The van der Waals surface area contributed by atoms with Crippen molar-refractivity contribution in [2.75, 3.05) is 5.32 Å². The lowest BCUT2D eigenvalue weighted by molar-refractivity contribution is 0.625. The van der Waals surface area contributed by atoms with Crippen molar-refractivity contribution in [1.82, 2.24) is 15.3 Å². The normalized spacial score (nSPS) is 15.4. The van der Waals surface area contributed by atoms with Gasteiger partial charge in [0.1, 0.15) is 0 Å². The average Bonchev–Trinajstić information content (AvgIpc) is 2.47. The summed E-state index contributed by atoms with van der Waals surface area (Å²) in [5.41, 5.74) is 2.34. The lowest BCUT2D eigenvalue weighted by atomic mass is 10.1. The first kappa shape index (κ1) is 9.40. The Morgan fingerprint density at radius 1 is 1.36 bits per heavy atom. The van der Waals surface area contributed by atoms with Gasteiger partial charge in [0, 0.05) is 30.4 Å². The number of nitrogens with one attached hydrogen (secondary N) is 2. The second-order valence-electron chi connectivity index (χ2n) is 4.64. The fourth-order valence-electron chi connectivity index (χ4n) is 1.45. The standard InChI is InChI=1S/C10H16N4/c1-10(2,3)14-9-12-5-7-4-11-6-8(7)13-9/h5,11H,4,6H2,1-3H3,(H,12,13,14). The molecule has 0 fully saturated rings. The third kappa shape index (κ3) is 2.01. The van der Waals surface area contributed by atoms with Gasteiger partial charge in [0.25, 0.3) is 0 Å². The molecule has 0 atom stereocenters. The SMILES string of the molecule is CC(C)(C)Nc1ncc2c(n1)CNC2. The van der Waals surface area contributed by atoms with Gasteiger partial charge >= 0.3 is 0 Å². The smallest absolute Gasteiger partial charge is 0.223 e. The van der Waals surface area contributed by atoms with Gasteiger partial charge in [0.15, 0.2) is 0 Å². The molecule has 4 heteroatoms. The van der Waals surface area contributed by atoms with Gasteiger partial charge in [0.2, 0.25) is 5.95 Å². The van der Waals surface area contributed by atoms with Gasteiger partial charge in [-0.3, -0.25) is 0 Å². The number of anilines is 1. The van der Waals surface area contributed by atoms with Crippen LogP contribution in [0.1, 0.15) is 32.0 Å². The molecule has 0 aliphatic carbocycles. The number of fused-ring (bicyclic) bond motifs is 1. The molecule has 0 radical (unpaired) electrons. The molecule has 0 bridgehead atoms. The van der Waals surface area contributed by atoms with Crippen molar-refractivity contribution in [3.05, 3.63) is 17.5 Å². The highest BCUT2D eigenvalue weighted by Crippen LogP contribution is 2.15. The Morgan fingerprint density at radius 3 is 2.86 bits per heavy atom. The molecule has 0 saturated heterocycles. The molecular formula is C10H16N4. The van der Waals surface area contributed by atoms with Gasteiger partial charge in [-0.05, 0) is 20.8 Å². The van der Waals surface area contributed by atoms with Gasteiger partial charge in [-0.1, -0.05) is 0 Å². The molecule has 1 aliphatic heterocycles. The summed E-state index contributed by atoms with van der Waals surface area (Å²) in [6, 6.07) is 0. The van der Waals surface area contributed by atoms with Crippen LogP contribution in [0.2, 0.25) is 0 Å². The summed E-state index contributed by atoms with van der Waals surface area (Å²) >= 11 is 0. The second-order valence-corrected chi connectivity index (χ2v) is 4.64. The Hall–Kier alpha value is -1.16. The number of nitrogens with zero attached hydrogens (tertiary/aromatic N) is 2. The van der Waals surface area contributed by atoms with Gasteiger partial charge in [-0.25, -0.2) is 9.97 Å². The predicted molar refractivity (Wildman–Crippen MR) is 56.0 cm³/mol. The molecule has 4 nitrogen and oxygen atoms in total. The van der Waals surface area contributed by atoms with E-state index in [9.17, 15) is 0 Å². The monoisotopic (exact) mass is 192 g/mol. The minimum atomic E-state index is 0.0142. The zero-order valence-electron chi connectivity index (χ0n) is 8.89. The van der Waals surface area contributed by atoms with Gasteiger partial charge in [-0.15, -0.1) is 0 Å². The van der Waals surface area contributed by atoms with Crippen molar-refractivity contribution in [1.29, 1.82) is 0 Å². The zero-order valence-corrected chi connectivity index (χ0v) is 8.89. The van der Waals surface area contributed by atoms with E-state index in [1.807, 2.05) is 6.20 Å². The lowest BCUT2D eigenvalue weighted by Crippen LogP contribution is -2.27. The quantitative estimate of drug-likeness (QED) is 0.704. The van der Waals surface area contributed by atoms with Crippen LogP contribution in [-0.4, -0.2) is 15.5 Å². The van der Waals surface area contributed by atoms with Crippen molar-refractivity contribution in [2.24, 2.45) is 0 Å². The topological polar surface area (TPSA) is 49.8 Å². The van der Waals surface area contributed by atoms with Gasteiger partial charge in [-0.2, -0.15) is 0 Å². The van der Waals surface area contributed by atoms with E-state index in [4.69, 9.17) is 0 Å². The van der Waals surface area contributed by atoms with E-state index in [1.54, 1.807) is 0 Å². The van der Waals surface area contributed by atoms with Crippen LogP contribution in [0.15, 0.2) is 6.20 Å². The number of hydrogen-bond donors (Lipinski definition) is 2. The molecule has 1 aromatic heterocycles. The molecule has 2 heterocycles. The van der Waals surface area contributed by atoms with Crippen molar-refractivity contribution in [2.45, 2.75) is 39.4 Å². The van der Waals surface area contributed by atoms with Crippen LogP contribution in [0.25, 0.3) is 0 Å². The third-order valence-corrected chi connectivity index (χ3v) is 2.05. The molecule has 1 aromatic rings. The van der Waals surface area contributed by atoms with Crippen LogP contribution in [0.5, 0.6) is 0 Å². The summed E-state index contributed by atoms with van der Waals surface area (Å²) in [4.78, 5) is 8.73. The highest BCUT2D eigenvalue weighted by Gasteiger charge is 2.15. The molecule has 76 valence electrons. The highest BCUT2D eigenvalue weighted by molar-refractivity contribution is 5.33. The van der Waals surface area contributed by atoms with Crippen molar-refractivity contribution in [3.63, 3.8) is 0 Å². The molecule has 0 unspecified atom stereocenters. The average molecular weight is 192 g/mol. The number of hydrogen-bond acceptors (Lipinski definition) is 4. The summed E-state index contributed by atoms with van der Waals surface area (Å²) in [7, 11) is 0. The maximum absolute atomic E-state index is 4.45. The Balaban J connectivity index is 2.21. The minimum Gasteiger partial charge on any atom is -0.350 e. The van der Waals surface area contributed by atoms with Crippen LogP contribution < -0.4 is 10.6 Å². The van der Waals surface area contributed by atoms with E-state index in [-0.39, 0.29) is 5.54 Å². The fraction of sp³-hybridized carbons (Fsp3) is 0.600. The molecule has 0 aromatic carbocycles. The molecule has 0 spiro atoms. The lowest BCUT2D eigenvalue weighted by Gasteiger charge is -2.20. The van der Waals surface area contributed by atoms with E-state index in [0.29, 0.717) is 0 Å². The van der Waals surface area contributed by atoms with Crippen molar-refractivity contribution >= 4 is 5.95 Å². The fourth-order valence-corrected chi connectivity index (χ4v) is 1.45. The molecule has 2 N–H and O–H groups in total. The van der Waals surface area contributed by atoms with Crippen LogP contribution in [-0.2, 0) is 13.1 Å². The summed E-state index contributed by atoms with van der Waals surface area (Å²) in [5.74, 6) is 0.722. The molecule has 2 rings (SSSR count). The van der Waals surface area contributed by atoms with E-state index in [0.717, 1.165) is 24.7 Å². The predicted octanol–water partition coefficient (Wildman–Crippen LogP) is 1.29. The Kier molecular flexibility index (Phi) is 2.15. The largest absolute Gasteiger partial charge is 0.350 e. The summed E-state index contributed by atoms with van der Waals surface area (Å²) in [6.45, 7) is 8.05. The third-order valence-electron chi connectivity index (χ3n) is 2.05. The zero-order chi connectivity index (χ0) is 10.2. The molecule has 0 saturated carbocycles. The maximum atomic E-state index is 4.45. The van der Waals surface area contributed by atoms with E-state index in [1.165, 1.54) is 5.56 Å². The van der Waals surface area contributed by atoms with Crippen LogP contribution >= 0.6 is 0 Å². The molecule has 14 heavy (non-hydrogen) atoms. The Labute approximate surface area is 84.2 Å². The van der Waals surface area contributed by atoms with Gasteiger partial charge < -0.3 is 10.6 Å². The van der Waals surface area contributed by atoms with Gasteiger partial charge in [0.05, 0.1) is 5.69 Å². The first-order chi connectivity index (χ1) is 6.54. The van der Waals surface area contributed by atoms with E-state index >= 15 is 0 Å². The highest BCUT2D eigenvalue weighted by atomic mass is 15.1. The maximum Gasteiger partial charge on any atom is 0.223 e. The molecular weight excluding hydrogens is 176 g/mol. The van der Waals surface area contributed by atoms with Crippen LogP contribution in [0.4, 0.5) is 5.95 Å². The van der Waals surface area contributed by atoms with E-state index in [2.05, 4.69) is 41.4 Å². The molecule has 1 aliphatic rings. The minimum absolute atomic E-state index is 0.0142. The number of rotatable bonds is 1. The summed E-state index contributed by atoms with van der Waals surface area (Å²) < 4.78 is 0. The molecule has 0 amide bonds. The van der Waals surface area contributed by atoms with Crippen LogP contribution in [0.3, 0.4) is 0 Å². The Bertz CT molecular complexity index is 340. The van der Waals surface area contributed by atoms with Crippen molar-refractivity contribution < 1.29 is 0 Å². The van der Waals surface area contributed by atoms with E-state index < -0.39 is 0 Å². The van der Waals surface area contributed by atoms with Crippen LogP contribution in [0, 0.1) is 0 Å². The van der Waals surface area contributed by atoms with Crippen molar-refractivity contribution in [3.8, 4) is 0 Å². The summed E-state index contributed by atoms with van der Waals surface area (Å²) in [5, 5.41) is 6.51.